The molecular formula is C17H20N2O3S. The lowest BCUT2D eigenvalue weighted by atomic mass is 10.1. The lowest BCUT2D eigenvalue weighted by molar-refractivity contribution is -0.118. The molecule has 0 aliphatic carbocycles. The minimum absolute atomic E-state index is 0.141. The molecule has 0 bridgehead atoms. The summed E-state index contributed by atoms with van der Waals surface area (Å²) in [4.78, 5) is 28.5. The van der Waals surface area contributed by atoms with Crippen molar-refractivity contribution in [3.05, 3.63) is 41.2 Å². The fourth-order valence-electron chi connectivity index (χ4n) is 2.21. The van der Waals surface area contributed by atoms with Crippen LogP contribution in [0.2, 0.25) is 0 Å². The molecule has 0 aliphatic rings. The largest absolute Gasteiger partial charge is 0.465 e. The molecule has 0 radical (unpaired) electrons. The Morgan fingerprint density at radius 3 is 2.78 bits per heavy atom. The maximum Gasteiger partial charge on any atom is 0.337 e. The zero-order valence-electron chi connectivity index (χ0n) is 13.5. The van der Waals surface area contributed by atoms with Crippen LogP contribution in [-0.2, 0) is 16.1 Å². The Morgan fingerprint density at radius 1 is 1.43 bits per heavy atom. The Kier molecular flexibility index (Phi) is 5.50. The Morgan fingerprint density at radius 2 is 2.17 bits per heavy atom. The maximum absolute atomic E-state index is 12.0. The lowest BCUT2D eigenvalue weighted by Crippen LogP contribution is -2.16. The quantitative estimate of drug-likeness (QED) is 0.624. The molecule has 1 amide bonds. The highest BCUT2D eigenvalue weighted by Crippen LogP contribution is 2.20. The molecule has 0 spiro atoms. The van der Waals surface area contributed by atoms with Gasteiger partial charge in [0.15, 0.2) is 4.80 Å². The van der Waals surface area contributed by atoms with Gasteiger partial charge in [-0.2, -0.15) is 4.99 Å². The molecule has 2 aromatic rings. The van der Waals surface area contributed by atoms with Crippen molar-refractivity contribution in [2.24, 2.45) is 10.9 Å². The summed E-state index contributed by atoms with van der Waals surface area (Å²) >= 11 is 1.38. The van der Waals surface area contributed by atoms with Crippen LogP contribution in [0.15, 0.2) is 35.8 Å². The number of hydrogen-bond donors (Lipinski definition) is 0. The van der Waals surface area contributed by atoms with Gasteiger partial charge in [0.2, 0.25) is 5.91 Å². The first-order valence-electron chi connectivity index (χ1n) is 7.36. The van der Waals surface area contributed by atoms with Crippen LogP contribution >= 0.6 is 11.3 Å². The molecule has 0 saturated carbocycles. The van der Waals surface area contributed by atoms with Crippen LogP contribution in [0.3, 0.4) is 0 Å². The minimum Gasteiger partial charge on any atom is -0.465 e. The first-order chi connectivity index (χ1) is 11.0. The van der Waals surface area contributed by atoms with E-state index in [9.17, 15) is 9.59 Å². The zero-order valence-corrected chi connectivity index (χ0v) is 14.4. The summed E-state index contributed by atoms with van der Waals surface area (Å²) in [5, 5.41) is 0. The highest BCUT2D eigenvalue weighted by atomic mass is 32.1. The number of carbonyl (C=O) groups is 2. The van der Waals surface area contributed by atoms with Crippen LogP contribution in [0.4, 0.5) is 0 Å². The molecule has 1 aromatic carbocycles. The fourth-order valence-corrected chi connectivity index (χ4v) is 3.31. The van der Waals surface area contributed by atoms with E-state index in [4.69, 9.17) is 4.74 Å². The van der Waals surface area contributed by atoms with E-state index >= 15 is 0 Å². The molecule has 0 N–H and O–H groups in total. The van der Waals surface area contributed by atoms with Crippen LogP contribution in [0, 0.1) is 5.92 Å². The van der Waals surface area contributed by atoms with Gasteiger partial charge in [-0.1, -0.05) is 31.3 Å². The van der Waals surface area contributed by atoms with E-state index in [-0.39, 0.29) is 17.8 Å². The Bertz CT molecular complexity index is 815. The number of benzene rings is 1. The molecule has 1 heterocycles. The summed E-state index contributed by atoms with van der Waals surface area (Å²) in [6.07, 6.45) is 2.17. The van der Waals surface area contributed by atoms with Crippen molar-refractivity contribution in [1.29, 1.82) is 0 Å². The molecule has 0 atom stereocenters. The number of thiazole rings is 1. The second kappa shape index (κ2) is 7.37. The van der Waals surface area contributed by atoms with Gasteiger partial charge in [-0.3, -0.25) is 4.79 Å². The maximum atomic E-state index is 12.0. The van der Waals surface area contributed by atoms with E-state index in [1.807, 2.05) is 24.5 Å². The van der Waals surface area contributed by atoms with Gasteiger partial charge < -0.3 is 9.30 Å². The van der Waals surface area contributed by atoms with E-state index in [0.717, 1.165) is 10.2 Å². The summed E-state index contributed by atoms with van der Waals surface area (Å²) in [7, 11) is 1.35. The highest BCUT2D eigenvalue weighted by Gasteiger charge is 2.11. The average Bonchev–Trinajstić information content (AvgIpc) is 2.82. The molecule has 2 rings (SSSR count). The molecule has 122 valence electrons. The van der Waals surface area contributed by atoms with Crippen molar-refractivity contribution in [1.82, 2.24) is 4.57 Å². The van der Waals surface area contributed by atoms with Gasteiger partial charge in [0.05, 0.1) is 22.9 Å². The van der Waals surface area contributed by atoms with Gasteiger partial charge in [-0.25, -0.2) is 4.79 Å². The third kappa shape index (κ3) is 3.96. The fraction of sp³-hybridized carbons (Fsp3) is 0.353. The molecule has 0 saturated heterocycles. The molecule has 23 heavy (non-hydrogen) atoms. The van der Waals surface area contributed by atoms with Gasteiger partial charge in [-0.05, 0) is 24.1 Å². The van der Waals surface area contributed by atoms with Crippen LogP contribution in [0.5, 0.6) is 0 Å². The average molecular weight is 332 g/mol. The first kappa shape index (κ1) is 17.1. The third-order valence-electron chi connectivity index (χ3n) is 3.22. The molecule has 0 aliphatic heterocycles. The number of amides is 1. The summed E-state index contributed by atoms with van der Waals surface area (Å²) in [5.41, 5.74) is 1.39. The van der Waals surface area contributed by atoms with E-state index < -0.39 is 0 Å². The smallest absolute Gasteiger partial charge is 0.337 e. The van der Waals surface area contributed by atoms with Crippen molar-refractivity contribution in [3.8, 4) is 0 Å². The van der Waals surface area contributed by atoms with E-state index in [0.29, 0.717) is 23.3 Å². The number of carbonyl (C=O) groups excluding carboxylic acids is 2. The predicted molar refractivity (Wildman–Crippen MR) is 91.4 cm³/mol. The number of methoxy groups -OCH3 is 1. The normalized spacial score (nSPS) is 11.9. The number of hydrogen-bond acceptors (Lipinski definition) is 4. The Hall–Kier alpha value is -2.21. The van der Waals surface area contributed by atoms with E-state index in [1.165, 1.54) is 18.4 Å². The summed E-state index contributed by atoms with van der Waals surface area (Å²) in [6.45, 7) is 8.27. The monoisotopic (exact) mass is 332 g/mol. The van der Waals surface area contributed by atoms with Gasteiger partial charge >= 0.3 is 5.97 Å². The SMILES string of the molecule is C=CCn1c(=NC(=O)CC(C)C)sc2cc(C(=O)OC)ccc21. The summed E-state index contributed by atoms with van der Waals surface area (Å²) < 4.78 is 7.55. The second-order valence-corrected chi connectivity index (χ2v) is 6.57. The van der Waals surface area contributed by atoms with Crippen molar-refractivity contribution < 1.29 is 14.3 Å². The van der Waals surface area contributed by atoms with Crippen LogP contribution in [-0.4, -0.2) is 23.6 Å². The number of esters is 1. The molecule has 5 nitrogen and oxygen atoms in total. The Balaban J connectivity index is 2.57. The van der Waals surface area contributed by atoms with Gasteiger partial charge in [0.1, 0.15) is 0 Å². The van der Waals surface area contributed by atoms with Crippen LogP contribution in [0.25, 0.3) is 10.2 Å². The molecule has 0 fully saturated rings. The number of aromatic nitrogens is 1. The van der Waals surface area contributed by atoms with Gasteiger partial charge in [-0.15, -0.1) is 6.58 Å². The van der Waals surface area contributed by atoms with Crippen LogP contribution in [0.1, 0.15) is 30.6 Å². The molecule has 6 heteroatoms. The minimum atomic E-state index is -0.384. The number of allylic oxidation sites excluding steroid dienone is 1. The third-order valence-corrected chi connectivity index (χ3v) is 4.26. The van der Waals surface area contributed by atoms with Crippen molar-refractivity contribution in [2.75, 3.05) is 7.11 Å². The van der Waals surface area contributed by atoms with E-state index in [2.05, 4.69) is 11.6 Å². The topological polar surface area (TPSA) is 60.7 Å². The van der Waals surface area contributed by atoms with Gasteiger partial charge in [0.25, 0.3) is 0 Å². The van der Waals surface area contributed by atoms with Crippen LogP contribution < -0.4 is 4.80 Å². The lowest BCUT2D eigenvalue weighted by Gasteiger charge is -2.03. The van der Waals surface area contributed by atoms with E-state index in [1.54, 1.807) is 18.2 Å². The standard InChI is InChI=1S/C17H20N2O3S/c1-5-8-19-13-7-6-12(16(21)22-4)10-14(13)23-17(19)18-15(20)9-11(2)3/h5-7,10-11H,1,8-9H2,2-4H3. The Labute approximate surface area is 138 Å². The highest BCUT2D eigenvalue weighted by molar-refractivity contribution is 7.16. The number of ether oxygens (including phenoxy) is 1. The van der Waals surface area contributed by atoms with Crippen molar-refractivity contribution in [2.45, 2.75) is 26.8 Å². The van der Waals surface area contributed by atoms with Gasteiger partial charge in [0, 0.05) is 13.0 Å². The number of fused-ring (bicyclic) bond motifs is 1. The second-order valence-electron chi connectivity index (χ2n) is 5.56. The number of rotatable bonds is 5. The zero-order chi connectivity index (χ0) is 17.0. The molecule has 0 unspecified atom stereocenters. The molecule has 1 aromatic heterocycles. The van der Waals surface area contributed by atoms with Crippen molar-refractivity contribution >= 4 is 33.4 Å². The predicted octanol–water partition coefficient (Wildman–Crippen LogP) is 3.15. The summed E-state index contributed by atoms with van der Waals surface area (Å²) in [5.74, 6) is -0.262. The number of nitrogens with zero attached hydrogens (tertiary/aromatic N) is 2. The molecular weight excluding hydrogens is 312 g/mol. The first-order valence-corrected chi connectivity index (χ1v) is 8.18. The summed E-state index contributed by atoms with van der Waals surface area (Å²) in [6, 6.07) is 5.31. The van der Waals surface area contributed by atoms with Crippen molar-refractivity contribution in [3.63, 3.8) is 0 Å².